The Hall–Kier alpha value is -0.870. The van der Waals surface area contributed by atoms with Crippen LogP contribution in [-0.2, 0) is 4.74 Å². The molecule has 0 atom stereocenters. The Morgan fingerprint density at radius 2 is 2.15 bits per heavy atom. The maximum absolute atomic E-state index is 5.55. The summed E-state index contributed by atoms with van der Waals surface area (Å²) < 4.78 is 10.1. The highest BCUT2D eigenvalue weighted by molar-refractivity contribution is 6.29. The minimum absolute atomic E-state index is 0.365. The van der Waals surface area contributed by atoms with Gasteiger partial charge < -0.3 is 9.47 Å². The molecule has 1 aromatic heterocycles. The van der Waals surface area contributed by atoms with Crippen LogP contribution in [0, 0.1) is 0 Å². The predicted molar refractivity (Wildman–Crippen MR) is 49.0 cm³/mol. The first-order valence-corrected chi connectivity index (χ1v) is 4.30. The van der Waals surface area contributed by atoms with Gasteiger partial charge in [-0.15, -0.1) is 0 Å². The molecule has 0 fully saturated rings. The van der Waals surface area contributed by atoms with E-state index in [1.807, 2.05) is 0 Å². The summed E-state index contributed by atoms with van der Waals surface area (Å²) in [5.41, 5.74) is 0. The second kappa shape index (κ2) is 5.72. The smallest absolute Gasteiger partial charge is 0.232 e. The molecule has 0 radical (unpaired) electrons. The summed E-state index contributed by atoms with van der Waals surface area (Å²) in [5.74, 6) is 0.487. The van der Waals surface area contributed by atoms with Gasteiger partial charge in [0.15, 0.2) is 0 Å². The average molecular weight is 203 g/mol. The summed E-state index contributed by atoms with van der Waals surface area (Å²) in [6.07, 6.45) is 3.78. The van der Waals surface area contributed by atoms with E-state index < -0.39 is 0 Å². The monoisotopic (exact) mass is 202 g/mol. The van der Waals surface area contributed by atoms with E-state index >= 15 is 0 Å². The molecule has 1 rings (SSSR count). The number of halogens is 1. The summed E-state index contributed by atoms with van der Waals surface area (Å²) in [6, 6.07) is 0. The van der Waals surface area contributed by atoms with E-state index in [9.17, 15) is 0 Å². The molecule has 0 saturated heterocycles. The molecular weight excluding hydrogens is 192 g/mol. The Bertz CT molecular complexity index is 240. The van der Waals surface area contributed by atoms with Crippen molar-refractivity contribution in [3.05, 3.63) is 17.5 Å². The van der Waals surface area contributed by atoms with Crippen LogP contribution < -0.4 is 4.74 Å². The summed E-state index contributed by atoms with van der Waals surface area (Å²) in [4.78, 5) is 7.74. The van der Waals surface area contributed by atoms with Crippen molar-refractivity contribution in [3.8, 4) is 5.88 Å². The van der Waals surface area contributed by atoms with Gasteiger partial charge in [0.1, 0.15) is 5.15 Å². The maximum Gasteiger partial charge on any atom is 0.232 e. The van der Waals surface area contributed by atoms with Crippen molar-refractivity contribution in [1.29, 1.82) is 0 Å². The van der Waals surface area contributed by atoms with Gasteiger partial charge >= 0.3 is 0 Å². The van der Waals surface area contributed by atoms with Gasteiger partial charge in [-0.2, -0.15) is 0 Å². The Balaban J connectivity index is 2.25. The average Bonchev–Trinajstić information content (AvgIpc) is 2.15. The lowest BCUT2D eigenvalue weighted by Gasteiger charge is -2.03. The summed E-state index contributed by atoms with van der Waals surface area (Å²) in [5, 5.41) is 0.365. The molecule has 0 spiro atoms. The van der Waals surface area contributed by atoms with E-state index in [4.69, 9.17) is 21.1 Å². The van der Waals surface area contributed by atoms with Gasteiger partial charge in [-0.3, -0.25) is 0 Å². The molecule has 0 aromatic carbocycles. The third kappa shape index (κ3) is 4.05. The zero-order valence-corrected chi connectivity index (χ0v) is 8.12. The van der Waals surface area contributed by atoms with E-state index in [1.54, 1.807) is 7.11 Å². The Morgan fingerprint density at radius 3 is 2.77 bits per heavy atom. The molecule has 0 aliphatic carbocycles. The highest BCUT2D eigenvalue weighted by Crippen LogP contribution is 2.07. The van der Waals surface area contributed by atoms with E-state index in [-0.39, 0.29) is 0 Å². The number of nitrogens with zero attached hydrogens (tertiary/aromatic N) is 2. The third-order valence-corrected chi connectivity index (χ3v) is 1.53. The van der Waals surface area contributed by atoms with Gasteiger partial charge in [-0.25, -0.2) is 9.97 Å². The Morgan fingerprint density at radius 1 is 1.31 bits per heavy atom. The third-order valence-electron chi connectivity index (χ3n) is 1.34. The normalized spacial score (nSPS) is 10.0. The minimum atomic E-state index is 0.365. The molecule has 4 nitrogen and oxygen atoms in total. The SMILES string of the molecule is COCCCOc1cnc(Cl)cn1. The van der Waals surface area contributed by atoms with Gasteiger partial charge in [0.25, 0.3) is 0 Å². The fourth-order valence-corrected chi connectivity index (χ4v) is 0.853. The van der Waals surface area contributed by atoms with E-state index in [0.29, 0.717) is 24.2 Å². The van der Waals surface area contributed by atoms with Gasteiger partial charge in [-0.1, -0.05) is 11.6 Å². The first kappa shape index (κ1) is 10.2. The topological polar surface area (TPSA) is 44.2 Å². The highest BCUT2D eigenvalue weighted by atomic mass is 35.5. The lowest BCUT2D eigenvalue weighted by Crippen LogP contribution is -2.02. The van der Waals surface area contributed by atoms with Crippen molar-refractivity contribution >= 4 is 11.6 Å². The zero-order valence-electron chi connectivity index (χ0n) is 7.36. The van der Waals surface area contributed by atoms with Crippen molar-refractivity contribution in [3.63, 3.8) is 0 Å². The Labute approximate surface area is 81.9 Å². The number of ether oxygens (including phenoxy) is 2. The van der Waals surface area contributed by atoms with Gasteiger partial charge in [0, 0.05) is 20.1 Å². The van der Waals surface area contributed by atoms with Crippen LogP contribution >= 0.6 is 11.6 Å². The molecular formula is C8H11ClN2O2. The molecule has 13 heavy (non-hydrogen) atoms. The molecule has 0 aliphatic heterocycles. The Kier molecular flexibility index (Phi) is 4.49. The number of hydrogen-bond donors (Lipinski definition) is 0. The molecule has 1 aromatic rings. The first-order valence-electron chi connectivity index (χ1n) is 3.92. The van der Waals surface area contributed by atoms with Crippen molar-refractivity contribution < 1.29 is 9.47 Å². The lowest BCUT2D eigenvalue weighted by molar-refractivity contribution is 0.170. The van der Waals surface area contributed by atoms with Gasteiger partial charge in [0.2, 0.25) is 5.88 Å². The number of methoxy groups -OCH3 is 1. The molecule has 0 N–H and O–H groups in total. The number of hydrogen-bond acceptors (Lipinski definition) is 4. The van der Waals surface area contributed by atoms with Crippen molar-refractivity contribution in [1.82, 2.24) is 9.97 Å². The van der Waals surface area contributed by atoms with Crippen LogP contribution in [0.2, 0.25) is 5.15 Å². The van der Waals surface area contributed by atoms with Crippen LogP contribution in [0.1, 0.15) is 6.42 Å². The number of rotatable bonds is 5. The summed E-state index contributed by atoms with van der Waals surface area (Å²) in [6.45, 7) is 1.26. The minimum Gasteiger partial charge on any atom is -0.476 e. The van der Waals surface area contributed by atoms with Crippen LogP contribution in [0.5, 0.6) is 5.88 Å². The molecule has 0 aliphatic rings. The van der Waals surface area contributed by atoms with Crippen LogP contribution in [0.25, 0.3) is 0 Å². The standard InChI is InChI=1S/C8H11ClN2O2/c1-12-3-2-4-13-8-6-10-7(9)5-11-8/h5-6H,2-4H2,1H3. The van der Waals surface area contributed by atoms with Crippen molar-refractivity contribution in [2.45, 2.75) is 6.42 Å². The summed E-state index contributed by atoms with van der Waals surface area (Å²) in [7, 11) is 1.65. The number of aromatic nitrogens is 2. The van der Waals surface area contributed by atoms with Crippen LogP contribution in [0.3, 0.4) is 0 Å². The molecule has 0 saturated carbocycles. The second-order valence-electron chi connectivity index (χ2n) is 2.37. The fourth-order valence-electron chi connectivity index (χ4n) is 0.755. The van der Waals surface area contributed by atoms with E-state index in [1.165, 1.54) is 12.4 Å². The van der Waals surface area contributed by atoms with E-state index in [0.717, 1.165) is 6.42 Å². The molecule has 0 bridgehead atoms. The van der Waals surface area contributed by atoms with E-state index in [2.05, 4.69) is 9.97 Å². The molecule has 1 heterocycles. The predicted octanol–water partition coefficient (Wildman–Crippen LogP) is 1.55. The van der Waals surface area contributed by atoms with Crippen molar-refractivity contribution in [2.24, 2.45) is 0 Å². The fraction of sp³-hybridized carbons (Fsp3) is 0.500. The molecule has 5 heteroatoms. The quantitative estimate of drug-likeness (QED) is 0.680. The molecule has 0 unspecified atom stereocenters. The van der Waals surface area contributed by atoms with Crippen LogP contribution in [0.15, 0.2) is 12.4 Å². The molecule has 72 valence electrons. The van der Waals surface area contributed by atoms with Crippen LogP contribution in [-0.4, -0.2) is 30.3 Å². The molecule has 0 amide bonds. The zero-order chi connectivity index (χ0) is 9.52. The summed E-state index contributed by atoms with van der Waals surface area (Å²) >= 11 is 5.55. The van der Waals surface area contributed by atoms with Gasteiger partial charge in [-0.05, 0) is 0 Å². The van der Waals surface area contributed by atoms with Crippen LogP contribution in [0.4, 0.5) is 0 Å². The van der Waals surface area contributed by atoms with Crippen molar-refractivity contribution in [2.75, 3.05) is 20.3 Å². The maximum atomic E-state index is 5.55. The highest BCUT2D eigenvalue weighted by Gasteiger charge is 1.95. The van der Waals surface area contributed by atoms with Gasteiger partial charge in [0.05, 0.1) is 19.0 Å². The first-order chi connectivity index (χ1) is 6.33. The lowest BCUT2D eigenvalue weighted by atomic mass is 10.5. The second-order valence-corrected chi connectivity index (χ2v) is 2.76. The largest absolute Gasteiger partial charge is 0.476 e.